The smallest absolute Gasteiger partial charge is 0.374 e. The lowest BCUT2D eigenvalue weighted by Crippen LogP contribution is -2.25. The number of benzene rings is 1. The van der Waals surface area contributed by atoms with Crippen LogP contribution in [-0.2, 0) is 24.1 Å². The van der Waals surface area contributed by atoms with Crippen LogP contribution in [0.3, 0.4) is 0 Å². The molecule has 1 aromatic carbocycles. The van der Waals surface area contributed by atoms with Crippen LogP contribution in [-0.4, -0.2) is 33.9 Å². The van der Waals surface area contributed by atoms with E-state index in [9.17, 15) is 13.2 Å². The molecular formula is C12H12O5S. The zero-order valence-electron chi connectivity index (χ0n) is 9.75. The maximum atomic E-state index is 12.1. The molecule has 0 radical (unpaired) electrons. The van der Waals surface area contributed by atoms with Crippen LogP contribution in [0, 0.1) is 0 Å². The summed E-state index contributed by atoms with van der Waals surface area (Å²) in [5.74, 6) is -1.16. The highest BCUT2D eigenvalue weighted by atomic mass is 32.2. The highest BCUT2D eigenvalue weighted by molar-refractivity contribution is 8.00. The Morgan fingerprint density at radius 1 is 1.28 bits per heavy atom. The lowest BCUT2D eigenvalue weighted by Gasteiger charge is -2.20. The predicted molar refractivity (Wildman–Crippen MR) is 65.1 cm³/mol. The average Bonchev–Trinajstić information content (AvgIpc) is 2.37. The molecule has 1 aliphatic rings. The molecule has 0 N–H and O–H groups in total. The normalized spacial score (nSPS) is 18.1. The lowest BCUT2D eigenvalue weighted by molar-refractivity contribution is -0.139. The molecular weight excluding hydrogens is 256 g/mol. The Morgan fingerprint density at radius 3 is 2.56 bits per heavy atom. The third-order valence-corrected chi connectivity index (χ3v) is 4.27. The summed E-state index contributed by atoms with van der Waals surface area (Å²) in [4.78, 5) is 11.5. The van der Waals surface area contributed by atoms with Crippen molar-refractivity contribution in [3.8, 4) is 0 Å². The molecule has 1 aliphatic heterocycles. The first-order valence-corrected chi connectivity index (χ1v) is 6.95. The van der Waals surface area contributed by atoms with Gasteiger partial charge in [-0.2, -0.15) is 0 Å². The van der Waals surface area contributed by atoms with Crippen molar-refractivity contribution < 1.29 is 22.7 Å². The van der Waals surface area contributed by atoms with Gasteiger partial charge in [-0.3, -0.25) is 0 Å². The molecule has 0 atom stereocenters. The fourth-order valence-corrected chi connectivity index (χ4v) is 3.13. The van der Waals surface area contributed by atoms with Gasteiger partial charge in [0, 0.05) is 0 Å². The maximum absolute atomic E-state index is 12.1. The summed E-state index contributed by atoms with van der Waals surface area (Å²) in [6.45, 7) is -0.0386. The molecule has 18 heavy (non-hydrogen) atoms. The molecule has 96 valence electrons. The summed E-state index contributed by atoms with van der Waals surface area (Å²) in [6, 6.07) is 8.38. The first-order valence-electron chi connectivity index (χ1n) is 5.30. The highest BCUT2D eigenvalue weighted by Crippen LogP contribution is 2.30. The molecule has 2 rings (SSSR count). The predicted octanol–water partition coefficient (Wildman–Crippen LogP) is 0.973. The van der Waals surface area contributed by atoms with Crippen molar-refractivity contribution in [2.24, 2.45) is 0 Å². The van der Waals surface area contributed by atoms with Gasteiger partial charge in [0.25, 0.3) is 0 Å². The molecule has 1 heterocycles. The van der Waals surface area contributed by atoms with E-state index in [-0.39, 0.29) is 23.0 Å². The number of hydrogen-bond donors (Lipinski definition) is 0. The van der Waals surface area contributed by atoms with Gasteiger partial charge in [-0.1, -0.05) is 30.3 Å². The summed E-state index contributed by atoms with van der Waals surface area (Å²) < 4.78 is 33.8. The van der Waals surface area contributed by atoms with Gasteiger partial charge < -0.3 is 9.47 Å². The molecule has 0 saturated carbocycles. The van der Waals surface area contributed by atoms with Crippen molar-refractivity contribution >= 4 is 20.7 Å². The van der Waals surface area contributed by atoms with Crippen molar-refractivity contribution in [1.29, 1.82) is 0 Å². The first kappa shape index (κ1) is 12.6. The van der Waals surface area contributed by atoms with E-state index in [4.69, 9.17) is 4.74 Å². The van der Waals surface area contributed by atoms with Crippen LogP contribution in [0.5, 0.6) is 0 Å². The van der Waals surface area contributed by atoms with Crippen LogP contribution in [0.15, 0.2) is 36.1 Å². The van der Waals surface area contributed by atoms with Crippen LogP contribution >= 0.6 is 0 Å². The number of methoxy groups -OCH3 is 1. The topological polar surface area (TPSA) is 69.7 Å². The second-order valence-corrected chi connectivity index (χ2v) is 5.73. The second-order valence-electron chi connectivity index (χ2n) is 3.68. The summed E-state index contributed by atoms with van der Waals surface area (Å²) >= 11 is 0. The Hall–Kier alpha value is -1.82. The summed E-state index contributed by atoms with van der Waals surface area (Å²) in [5.41, 5.74) is 0.428. The molecule has 0 amide bonds. The Labute approximate surface area is 105 Å². The fourth-order valence-electron chi connectivity index (χ4n) is 1.71. The first-order chi connectivity index (χ1) is 8.56. The SMILES string of the molecule is COC(=O)C1=C(c2ccccc2)S(=O)(=O)CCO1. The lowest BCUT2D eigenvalue weighted by atomic mass is 10.2. The van der Waals surface area contributed by atoms with Crippen molar-refractivity contribution in [3.05, 3.63) is 41.7 Å². The van der Waals surface area contributed by atoms with E-state index in [1.165, 1.54) is 7.11 Å². The van der Waals surface area contributed by atoms with Crippen molar-refractivity contribution in [2.45, 2.75) is 0 Å². The molecule has 5 nitrogen and oxygen atoms in total. The number of rotatable bonds is 2. The molecule has 0 spiro atoms. The molecule has 0 aromatic heterocycles. The van der Waals surface area contributed by atoms with Crippen molar-refractivity contribution in [1.82, 2.24) is 0 Å². The standard InChI is InChI=1S/C12H12O5S/c1-16-12(13)10-11(9-5-3-2-4-6-9)18(14,15)8-7-17-10/h2-6H,7-8H2,1H3. The van der Waals surface area contributed by atoms with Gasteiger partial charge in [0.05, 0.1) is 12.9 Å². The zero-order valence-corrected chi connectivity index (χ0v) is 10.6. The van der Waals surface area contributed by atoms with E-state index in [0.717, 1.165) is 0 Å². The molecule has 1 aromatic rings. The monoisotopic (exact) mass is 268 g/mol. The molecule has 0 fully saturated rings. The number of carbonyl (C=O) groups is 1. The number of hydrogen-bond acceptors (Lipinski definition) is 5. The van der Waals surface area contributed by atoms with Crippen LogP contribution in [0.4, 0.5) is 0 Å². The van der Waals surface area contributed by atoms with Crippen LogP contribution < -0.4 is 0 Å². The minimum absolute atomic E-state index is 0.0386. The van der Waals surface area contributed by atoms with Crippen LogP contribution in [0.2, 0.25) is 0 Å². The van der Waals surface area contributed by atoms with E-state index in [2.05, 4.69) is 4.74 Å². The Morgan fingerprint density at radius 2 is 1.94 bits per heavy atom. The molecule has 0 aliphatic carbocycles. The molecule has 0 bridgehead atoms. The van der Waals surface area contributed by atoms with E-state index in [1.54, 1.807) is 30.3 Å². The van der Waals surface area contributed by atoms with Crippen LogP contribution in [0.25, 0.3) is 4.91 Å². The average molecular weight is 268 g/mol. The van der Waals surface area contributed by atoms with E-state index in [1.807, 2.05) is 0 Å². The van der Waals surface area contributed by atoms with E-state index < -0.39 is 15.8 Å². The minimum atomic E-state index is -3.53. The van der Waals surface area contributed by atoms with Crippen LogP contribution in [0.1, 0.15) is 5.56 Å². The number of sulfone groups is 1. The zero-order chi connectivity index (χ0) is 13.2. The van der Waals surface area contributed by atoms with Crippen molar-refractivity contribution in [3.63, 3.8) is 0 Å². The van der Waals surface area contributed by atoms with Gasteiger partial charge in [0.15, 0.2) is 9.84 Å². The summed E-state index contributed by atoms with van der Waals surface area (Å²) in [5, 5.41) is 0. The minimum Gasteiger partial charge on any atom is -0.485 e. The Balaban J connectivity index is 2.67. The fraction of sp³-hybridized carbons (Fsp3) is 0.250. The Kier molecular flexibility index (Phi) is 3.38. The number of ether oxygens (including phenoxy) is 2. The Bertz CT molecular complexity index is 586. The van der Waals surface area contributed by atoms with Gasteiger partial charge in [-0.25, -0.2) is 13.2 Å². The van der Waals surface area contributed by atoms with E-state index in [0.29, 0.717) is 5.56 Å². The molecule has 0 unspecified atom stereocenters. The molecule has 0 saturated heterocycles. The molecule has 6 heteroatoms. The largest absolute Gasteiger partial charge is 0.485 e. The second kappa shape index (κ2) is 4.81. The quantitative estimate of drug-likeness (QED) is 0.748. The third kappa shape index (κ3) is 2.24. The number of esters is 1. The maximum Gasteiger partial charge on any atom is 0.374 e. The van der Waals surface area contributed by atoms with Crippen molar-refractivity contribution in [2.75, 3.05) is 19.5 Å². The highest BCUT2D eigenvalue weighted by Gasteiger charge is 2.33. The van der Waals surface area contributed by atoms with E-state index >= 15 is 0 Å². The van der Waals surface area contributed by atoms with Gasteiger partial charge in [-0.05, 0) is 5.56 Å². The van der Waals surface area contributed by atoms with Gasteiger partial charge >= 0.3 is 5.97 Å². The summed E-state index contributed by atoms with van der Waals surface area (Å²) in [7, 11) is -2.34. The third-order valence-electron chi connectivity index (χ3n) is 2.52. The van der Waals surface area contributed by atoms with Gasteiger partial charge in [0.2, 0.25) is 5.76 Å². The van der Waals surface area contributed by atoms with Gasteiger partial charge in [0.1, 0.15) is 11.5 Å². The van der Waals surface area contributed by atoms with Gasteiger partial charge in [-0.15, -0.1) is 0 Å². The number of carbonyl (C=O) groups excluding carboxylic acids is 1. The summed E-state index contributed by atoms with van der Waals surface area (Å²) in [6.07, 6.45) is 0.